The lowest BCUT2D eigenvalue weighted by Gasteiger charge is -2.41. The maximum absolute atomic E-state index is 6.28. The molecule has 0 spiro atoms. The van der Waals surface area contributed by atoms with Gasteiger partial charge in [-0.3, -0.25) is 0 Å². The van der Waals surface area contributed by atoms with Crippen LogP contribution < -0.4 is 33.6 Å². The van der Waals surface area contributed by atoms with E-state index in [1.165, 1.54) is 0 Å². The van der Waals surface area contributed by atoms with Gasteiger partial charge in [-0.2, -0.15) is 0 Å². The average Bonchev–Trinajstić information content (AvgIpc) is 3.15. The molecule has 260 valence electrons. The molecule has 0 aromatic heterocycles. The summed E-state index contributed by atoms with van der Waals surface area (Å²) in [7, 11) is 6.92. The van der Waals surface area contributed by atoms with Crippen molar-refractivity contribution >= 4 is 28.4 Å². The quantitative estimate of drug-likeness (QED) is 0.133. The smallest absolute Gasteiger partial charge is 0.127 e. The molecule has 5 rings (SSSR count). The largest absolute Gasteiger partial charge is 0.496 e. The van der Waals surface area contributed by atoms with E-state index < -0.39 is 0 Å². The third-order valence-corrected chi connectivity index (χ3v) is 8.74. The van der Waals surface area contributed by atoms with E-state index in [0.29, 0.717) is 0 Å². The van der Waals surface area contributed by atoms with E-state index in [0.717, 1.165) is 94.3 Å². The Hall–Kier alpha value is -4.52. The Balaban J connectivity index is 0.00000151. The second-order valence-corrected chi connectivity index (χ2v) is 10.7. The van der Waals surface area contributed by atoms with E-state index in [-0.39, 0.29) is 5.92 Å². The van der Waals surface area contributed by atoms with Gasteiger partial charge < -0.3 is 33.6 Å². The zero-order chi connectivity index (χ0) is 35.4. The fourth-order valence-corrected chi connectivity index (χ4v) is 6.61. The molecule has 0 aliphatic carbocycles. The van der Waals surface area contributed by atoms with E-state index in [9.17, 15) is 0 Å². The Bertz CT molecular complexity index is 1490. The van der Waals surface area contributed by atoms with Crippen molar-refractivity contribution in [3.63, 3.8) is 0 Å². The molecule has 1 aliphatic heterocycles. The first kappa shape index (κ1) is 37.9. The maximum atomic E-state index is 6.28. The van der Waals surface area contributed by atoms with Crippen molar-refractivity contribution in [1.82, 2.24) is 0 Å². The van der Waals surface area contributed by atoms with Crippen LogP contribution in [0, 0.1) is 0 Å². The molecule has 0 radical (unpaired) electrons. The summed E-state index contributed by atoms with van der Waals surface area (Å²) in [5.74, 6) is 2.76. The minimum atomic E-state index is -0.313. The first-order valence-corrected chi connectivity index (χ1v) is 17.5. The Kier molecular flexibility index (Phi) is 14.3. The highest BCUT2D eigenvalue weighted by atomic mass is 16.5. The summed E-state index contributed by atoms with van der Waals surface area (Å²) in [4.78, 5) is 7.06. The van der Waals surface area contributed by atoms with Gasteiger partial charge in [-0.15, -0.1) is 0 Å². The molecule has 7 heteroatoms. The lowest BCUT2D eigenvalue weighted by molar-refractivity contribution is 0.378. The van der Waals surface area contributed by atoms with E-state index >= 15 is 0 Å². The summed E-state index contributed by atoms with van der Waals surface area (Å²) >= 11 is 0. The topological polar surface area (TPSA) is 46.6 Å². The van der Waals surface area contributed by atoms with Crippen molar-refractivity contribution in [1.29, 1.82) is 0 Å². The molecule has 0 fully saturated rings. The van der Waals surface area contributed by atoms with Crippen LogP contribution in [0.15, 0.2) is 72.8 Å². The molecular weight excluding hydrogens is 598 g/mol. The fraction of sp³-hybridized carbons (Fsp3) is 0.415. The normalized spacial score (nSPS) is 11.5. The molecule has 0 N–H and O–H groups in total. The molecule has 1 aliphatic rings. The second-order valence-electron chi connectivity index (χ2n) is 10.7. The molecule has 0 amide bonds. The third kappa shape index (κ3) is 7.15. The number of fused-ring (bicyclic) bond motifs is 2. The number of nitrogens with zero attached hydrogens (tertiary/aromatic N) is 3. The van der Waals surface area contributed by atoms with Crippen molar-refractivity contribution < 1.29 is 18.9 Å². The summed E-state index contributed by atoms with van der Waals surface area (Å²) in [5, 5.41) is 0. The highest BCUT2D eigenvalue weighted by Gasteiger charge is 2.41. The van der Waals surface area contributed by atoms with Crippen molar-refractivity contribution in [3.8, 4) is 23.0 Å². The fourth-order valence-electron chi connectivity index (χ4n) is 6.61. The number of anilines is 5. The van der Waals surface area contributed by atoms with E-state index in [2.05, 4.69) is 97.0 Å². The predicted molar refractivity (Wildman–Crippen MR) is 205 cm³/mol. The molecule has 0 saturated heterocycles. The highest BCUT2D eigenvalue weighted by Crippen LogP contribution is 2.60. The molecule has 4 aromatic carbocycles. The highest BCUT2D eigenvalue weighted by molar-refractivity contribution is 5.92. The second kappa shape index (κ2) is 18.1. The van der Waals surface area contributed by atoms with E-state index in [1.54, 1.807) is 28.4 Å². The lowest BCUT2D eigenvalue weighted by Crippen LogP contribution is -2.28. The van der Waals surface area contributed by atoms with Crippen LogP contribution in [-0.4, -0.2) is 54.6 Å². The van der Waals surface area contributed by atoms with Gasteiger partial charge in [0.25, 0.3) is 0 Å². The molecule has 1 heterocycles. The van der Waals surface area contributed by atoms with Crippen LogP contribution in [0.4, 0.5) is 28.4 Å². The van der Waals surface area contributed by atoms with Crippen LogP contribution in [0.3, 0.4) is 0 Å². The van der Waals surface area contributed by atoms with Gasteiger partial charge in [-0.25, -0.2) is 0 Å². The Morgan fingerprint density at radius 1 is 0.500 bits per heavy atom. The summed E-state index contributed by atoms with van der Waals surface area (Å²) in [6.07, 6.45) is 0. The molecular formula is C41H57N3O4. The molecule has 0 saturated carbocycles. The van der Waals surface area contributed by atoms with Gasteiger partial charge in [-0.1, -0.05) is 52.0 Å². The molecule has 0 unspecified atom stereocenters. The first-order chi connectivity index (χ1) is 23.5. The number of methoxy groups -OCH3 is 4. The van der Waals surface area contributed by atoms with Crippen LogP contribution in [0.2, 0.25) is 0 Å². The SMILES string of the molecule is CC.CC.CCN(CC)c1cc(OC)c2c(c1)N(c1ccccc1)c1cc(N(CC)CC)cc(OC)c1C2c1c(OC)cccc1OC. The molecule has 7 nitrogen and oxygen atoms in total. The Morgan fingerprint density at radius 3 is 1.25 bits per heavy atom. The number of hydrogen-bond acceptors (Lipinski definition) is 7. The standard InChI is InChI=1S/C37H45N3O4.2C2H6/c1-9-38(10-2)26-21-28-34(32(23-26)43-7)37(36-30(41-5)19-16-20-31(36)42-6)35-29(40(28)25-17-14-13-15-18-25)22-27(24-33(35)44-8)39(11-3)12-4;2*1-2/h13-24,37H,9-12H2,1-8H3;2*1-2H3. The van der Waals surface area contributed by atoms with Gasteiger partial charge >= 0.3 is 0 Å². The van der Waals surface area contributed by atoms with Gasteiger partial charge in [0.1, 0.15) is 23.0 Å². The van der Waals surface area contributed by atoms with Crippen LogP contribution in [-0.2, 0) is 0 Å². The van der Waals surface area contributed by atoms with Crippen LogP contribution in [0.1, 0.15) is 78.0 Å². The predicted octanol–water partition coefficient (Wildman–Crippen LogP) is 10.4. The monoisotopic (exact) mass is 655 g/mol. The number of ether oxygens (including phenoxy) is 4. The van der Waals surface area contributed by atoms with Crippen molar-refractivity contribution in [2.24, 2.45) is 0 Å². The van der Waals surface area contributed by atoms with Gasteiger partial charge in [0, 0.05) is 72.1 Å². The van der Waals surface area contributed by atoms with E-state index in [1.807, 2.05) is 45.9 Å². The minimum absolute atomic E-state index is 0.313. The average molecular weight is 656 g/mol. The minimum Gasteiger partial charge on any atom is -0.496 e. The van der Waals surface area contributed by atoms with Crippen molar-refractivity contribution in [2.45, 2.75) is 61.3 Å². The van der Waals surface area contributed by atoms with Crippen LogP contribution in [0.5, 0.6) is 23.0 Å². The van der Waals surface area contributed by atoms with Crippen molar-refractivity contribution in [3.05, 3.63) is 89.5 Å². The zero-order valence-corrected chi connectivity index (χ0v) is 31.3. The summed E-state index contributed by atoms with van der Waals surface area (Å²) in [5.41, 5.74) is 8.32. The first-order valence-electron chi connectivity index (χ1n) is 17.5. The van der Waals surface area contributed by atoms with Crippen molar-refractivity contribution in [2.75, 3.05) is 69.3 Å². The molecule has 0 atom stereocenters. The summed E-state index contributed by atoms with van der Waals surface area (Å²) in [6.45, 7) is 20.3. The lowest BCUT2D eigenvalue weighted by atomic mass is 9.77. The van der Waals surface area contributed by atoms with Crippen LogP contribution in [0.25, 0.3) is 0 Å². The van der Waals surface area contributed by atoms with Crippen LogP contribution >= 0.6 is 0 Å². The van der Waals surface area contributed by atoms with Gasteiger partial charge in [0.15, 0.2) is 0 Å². The van der Waals surface area contributed by atoms with Gasteiger partial charge in [0.2, 0.25) is 0 Å². The Morgan fingerprint density at radius 2 is 0.896 bits per heavy atom. The number of para-hydroxylation sites is 1. The summed E-state index contributed by atoms with van der Waals surface area (Å²) in [6, 6.07) is 25.4. The molecule has 48 heavy (non-hydrogen) atoms. The van der Waals surface area contributed by atoms with Gasteiger partial charge in [-0.05, 0) is 64.1 Å². The molecule has 0 bridgehead atoms. The molecule has 4 aromatic rings. The summed E-state index contributed by atoms with van der Waals surface area (Å²) < 4.78 is 24.6. The number of benzene rings is 4. The van der Waals surface area contributed by atoms with Gasteiger partial charge in [0.05, 0.1) is 45.7 Å². The zero-order valence-electron chi connectivity index (χ0n) is 31.3. The maximum Gasteiger partial charge on any atom is 0.127 e. The number of hydrogen-bond donors (Lipinski definition) is 0. The Labute approximate surface area is 290 Å². The van der Waals surface area contributed by atoms with E-state index in [4.69, 9.17) is 18.9 Å². The third-order valence-electron chi connectivity index (χ3n) is 8.74. The number of rotatable bonds is 12.